The van der Waals surface area contributed by atoms with Crippen LogP contribution in [0.15, 0.2) is 29.3 Å². The zero-order valence-electron chi connectivity index (χ0n) is 13.7. The topological polar surface area (TPSA) is 51.1 Å². The standard InChI is InChI=1S/C19H20N2O3/c1-2-3-8-16-17(22)20-18(24-16)21-11-9-19(10-12-21)15-7-5-4-6-14(15)13-23-19/h4-7,16H,8-13H2,1H3. The van der Waals surface area contributed by atoms with Crippen LogP contribution >= 0.6 is 0 Å². The van der Waals surface area contributed by atoms with E-state index in [2.05, 4.69) is 41.1 Å². The number of nitrogens with zero attached hydrogens (tertiary/aromatic N) is 2. The summed E-state index contributed by atoms with van der Waals surface area (Å²) in [6.45, 7) is 3.98. The third kappa shape index (κ3) is 2.47. The zero-order chi connectivity index (χ0) is 16.6. The van der Waals surface area contributed by atoms with Crippen molar-refractivity contribution < 1.29 is 14.3 Å². The highest BCUT2D eigenvalue weighted by Crippen LogP contribution is 2.44. The van der Waals surface area contributed by atoms with Gasteiger partial charge in [0, 0.05) is 13.1 Å². The van der Waals surface area contributed by atoms with E-state index in [1.54, 1.807) is 6.92 Å². The monoisotopic (exact) mass is 324 g/mol. The molecule has 1 saturated heterocycles. The highest BCUT2D eigenvalue weighted by Gasteiger charge is 2.44. The fraction of sp³-hybridized carbons (Fsp3) is 0.474. The third-order valence-corrected chi connectivity index (χ3v) is 5.05. The number of rotatable bonds is 1. The number of ether oxygens (including phenoxy) is 2. The van der Waals surface area contributed by atoms with E-state index in [9.17, 15) is 4.79 Å². The largest absolute Gasteiger partial charge is 0.450 e. The predicted octanol–water partition coefficient (Wildman–Crippen LogP) is 2.20. The van der Waals surface area contributed by atoms with Gasteiger partial charge in [-0.2, -0.15) is 4.99 Å². The summed E-state index contributed by atoms with van der Waals surface area (Å²) in [5.41, 5.74) is 2.41. The molecule has 0 saturated carbocycles. The Balaban J connectivity index is 1.43. The van der Waals surface area contributed by atoms with E-state index in [0.29, 0.717) is 19.0 Å². The van der Waals surface area contributed by atoms with E-state index in [1.165, 1.54) is 11.1 Å². The van der Waals surface area contributed by atoms with Crippen LogP contribution in [0.1, 0.15) is 37.3 Å². The molecule has 0 bridgehead atoms. The summed E-state index contributed by atoms with van der Waals surface area (Å²) in [6, 6.07) is 8.89. The van der Waals surface area contributed by atoms with Crippen LogP contribution in [0.25, 0.3) is 0 Å². The fourth-order valence-electron chi connectivity index (χ4n) is 3.70. The van der Waals surface area contributed by atoms with Gasteiger partial charge >= 0.3 is 0 Å². The highest BCUT2D eigenvalue weighted by molar-refractivity contribution is 5.98. The van der Waals surface area contributed by atoms with Gasteiger partial charge in [-0.1, -0.05) is 30.2 Å². The number of piperidine rings is 1. The number of hydrogen-bond acceptors (Lipinski definition) is 4. The maximum atomic E-state index is 11.9. The van der Waals surface area contributed by atoms with Crippen LogP contribution in [0.4, 0.5) is 0 Å². The molecule has 1 atom stereocenters. The molecule has 3 aliphatic heterocycles. The van der Waals surface area contributed by atoms with E-state index >= 15 is 0 Å². The molecule has 24 heavy (non-hydrogen) atoms. The van der Waals surface area contributed by atoms with E-state index in [4.69, 9.17) is 9.47 Å². The molecular weight excluding hydrogens is 304 g/mol. The molecule has 4 rings (SSSR count). The first kappa shape index (κ1) is 15.2. The summed E-state index contributed by atoms with van der Waals surface area (Å²) < 4.78 is 11.9. The van der Waals surface area contributed by atoms with E-state index < -0.39 is 6.10 Å². The van der Waals surface area contributed by atoms with Gasteiger partial charge in [-0.25, -0.2) is 0 Å². The fourth-order valence-corrected chi connectivity index (χ4v) is 3.70. The summed E-state index contributed by atoms with van der Waals surface area (Å²) >= 11 is 0. The Bertz CT molecular complexity index is 751. The molecule has 0 radical (unpaired) electrons. The first-order valence-corrected chi connectivity index (χ1v) is 8.38. The van der Waals surface area contributed by atoms with E-state index in [0.717, 1.165) is 25.9 Å². The van der Waals surface area contributed by atoms with Crippen LogP contribution in [-0.4, -0.2) is 36.0 Å². The molecule has 5 nitrogen and oxygen atoms in total. The van der Waals surface area contributed by atoms with Gasteiger partial charge in [-0.05, 0) is 30.9 Å². The molecular formula is C19H20N2O3. The minimum absolute atomic E-state index is 0.191. The number of hydrogen-bond donors (Lipinski definition) is 0. The van der Waals surface area contributed by atoms with Crippen molar-refractivity contribution in [2.75, 3.05) is 13.1 Å². The number of aliphatic imine (C=N–C) groups is 1. The number of likely N-dealkylation sites (tertiary alicyclic amines) is 1. The lowest BCUT2D eigenvalue weighted by atomic mass is 9.84. The smallest absolute Gasteiger partial charge is 0.296 e. The number of carbonyl (C=O) groups is 1. The second-order valence-electron chi connectivity index (χ2n) is 6.40. The van der Waals surface area contributed by atoms with Gasteiger partial charge in [0.05, 0.1) is 18.6 Å². The molecule has 3 heterocycles. The van der Waals surface area contributed by atoms with Crippen LogP contribution in [0.3, 0.4) is 0 Å². The van der Waals surface area contributed by atoms with Gasteiger partial charge < -0.3 is 14.4 Å². The lowest BCUT2D eigenvalue weighted by Gasteiger charge is -2.39. The number of amides is 1. The van der Waals surface area contributed by atoms with Crippen LogP contribution < -0.4 is 0 Å². The van der Waals surface area contributed by atoms with Gasteiger partial charge in [0.15, 0.2) is 6.10 Å². The molecule has 1 unspecified atom stereocenters. The quantitative estimate of drug-likeness (QED) is 0.743. The summed E-state index contributed by atoms with van der Waals surface area (Å²) in [6.07, 6.45) is 1.60. The zero-order valence-corrected chi connectivity index (χ0v) is 13.7. The molecule has 1 spiro atoms. The lowest BCUT2D eigenvalue weighted by Crippen LogP contribution is -2.45. The van der Waals surface area contributed by atoms with Gasteiger partial charge in [0.2, 0.25) is 0 Å². The Morgan fingerprint density at radius 2 is 2.12 bits per heavy atom. The third-order valence-electron chi connectivity index (χ3n) is 5.05. The predicted molar refractivity (Wildman–Crippen MR) is 89.1 cm³/mol. The molecule has 1 fully saturated rings. The first-order chi connectivity index (χ1) is 11.7. The minimum atomic E-state index is -0.549. The molecule has 1 aromatic carbocycles. The minimum Gasteiger partial charge on any atom is -0.450 e. The molecule has 124 valence electrons. The summed E-state index contributed by atoms with van der Waals surface area (Å²) in [5.74, 6) is 5.45. The Morgan fingerprint density at radius 1 is 1.33 bits per heavy atom. The van der Waals surface area contributed by atoms with Crippen molar-refractivity contribution in [1.29, 1.82) is 0 Å². The molecule has 1 aromatic rings. The first-order valence-electron chi connectivity index (χ1n) is 8.38. The van der Waals surface area contributed by atoms with Crippen LogP contribution in [-0.2, 0) is 26.5 Å². The second kappa shape index (κ2) is 5.95. The van der Waals surface area contributed by atoms with Gasteiger partial charge in [0.1, 0.15) is 0 Å². The van der Waals surface area contributed by atoms with E-state index in [-0.39, 0.29) is 11.5 Å². The SMILES string of the molecule is CC#CCC1OC(N2CCC3(CC2)OCc2ccccc23)=NC1=O. The van der Waals surface area contributed by atoms with Gasteiger partial charge in [0.25, 0.3) is 11.9 Å². The maximum absolute atomic E-state index is 11.9. The Hall–Kier alpha value is -2.32. The highest BCUT2D eigenvalue weighted by atomic mass is 16.5. The molecule has 0 aromatic heterocycles. The second-order valence-corrected chi connectivity index (χ2v) is 6.40. The van der Waals surface area contributed by atoms with Crippen molar-refractivity contribution in [3.8, 4) is 11.8 Å². The molecule has 3 aliphatic rings. The van der Waals surface area contributed by atoms with Crippen LogP contribution in [0.5, 0.6) is 0 Å². The number of benzene rings is 1. The van der Waals surface area contributed by atoms with E-state index in [1.807, 2.05) is 4.90 Å². The van der Waals surface area contributed by atoms with Gasteiger partial charge in [-0.15, -0.1) is 5.92 Å². The Morgan fingerprint density at radius 3 is 2.92 bits per heavy atom. The van der Waals surface area contributed by atoms with Crippen molar-refractivity contribution >= 4 is 11.9 Å². The normalized spacial score (nSPS) is 24.2. The van der Waals surface area contributed by atoms with Crippen LogP contribution in [0.2, 0.25) is 0 Å². The summed E-state index contributed by atoms with van der Waals surface area (Å²) in [4.78, 5) is 18.0. The van der Waals surface area contributed by atoms with Crippen LogP contribution in [0, 0.1) is 11.8 Å². The average molecular weight is 324 g/mol. The molecule has 0 aliphatic carbocycles. The van der Waals surface area contributed by atoms with Crippen molar-refractivity contribution in [1.82, 2.24) is 4.90 Å². The van der Waals surface area contributed by atoms with Crippen molar-refractivity contribution in [2.24, 2.45) is 4.99 Å². The Labute approximate surface area is 141 Å². The Kier molecular flexibility index (Phi) is 3.78. The summed E-state index contributed by atoms with van der Waals surface area (Å²) in [5, 5.41) is 0. The van der Waals surface area contributed by atoms with Crippen molar-refractivity contribution in [3.63, 3.8) is 0 Å². The molecule has 1 amide bonds. The average Bonchev–Trinajstić information content (AvgIpc) is 3.16. The number of amidine groups is 1. The van der Waals surface area contributed by atoms with Crippen molar-refractivity contribution in [2.45, 2.75) is 44.5 Å². The summed E-state index contributed by atoms with van der Waals surface area (Å²) in [7, 11) is 0. The molecule has 0 N–H and O–H groups in total. The van der Waals surface area contributed by atoms with Crippen molar-refractivity contribution in [3.05, 3.63) is 35.4 Å². The van der Waals surface area contributed by atoms with Gasteiger partial charge in [-0.3, -0.25) is 4.79 Å². The lowest BCUT2D eigenvalue weighted by molar-refractivity contribution is -0.122. The maximum Gasteiger partial charge on any atom is 0.296 e. The number of carbonyl (C=O) groups excluding carboxylic acids is 1. The number of fused-ring (bicyclic) bond motifs is 2. The molecule has 5 heteroatoms.